The first-order chi connectivity index (χ1) is 31.3. The van der Waals surface area contributed by atoms with Crippen LogP contribution in [0.2, 0.25) is 0 Å². The van der Waals surface area contributed by atoms with Crippen molar-refractivity contribution in [1.82, 2.24) is 0 Å². The van der Waals surface area contributed by atoms with Gasteiger partial charge in [-0.05, 0) is 103 Å². The van der Waals surface area contributed by atoms with Crippen molar-refractivity contribution in [3.63, 3.8) is 0 Å². The highest BCUT2D eigenvalue weighted by Crippen LogP contribution is 2.61. The van der Waals surface area contributed by atoms with Crippen LogP contribution < -0.4 is 4.90 Å². The molecule has 0 saturated carbocycles. The van der Waals surface area contributed by atoms with Crippen LogP contribution in [0.4, 0.5) is 17.1 Å². The third kappa shape index (κ3) is 5.50. The molecule has 1 nitrogen and oxygen atoms in total. The van der Waals surface area contributed by atoms with Crippen LogP contribution in [0, 0.1) is 0 Å². The molecule has 0 heterocycles. The Hall–Kier alpha value is -8.00. The minimum Gasteiger partial charge on any atom is -0.310 e. The van der Waals surface area contributed by atoms with Crippen molar-refractivity contribution >= 4 is 17.1 Å². The quantitative estimate of drug-likeness (QED) is 0.148. The molecule has 0 fully saturated rings. The van der Waals surface area contributed by atoms with Crippen LogP contribution in [-0.2, 0) is 10.8 Å². The molecular formula is C62H43N. The van der Waals surface area contributed by atoms with Crippen LogP contribution in [0.15, 0.2) is 261 Å². The molecule has 0 bridgehead atoms. The summed E-state index contributed by atoms with van der Waals surface area (Å²) in [6, 6.07) is 96.5. The number of hydrogen-bond acceptors (Lipinski definition) is 1. The Morgan fingerprint density at radius 2 is 0.667 bits per heavy atom. The van der Waals surface area contributed by atoms with E-state index in [9.17, 15) is 0 Å². The van der Waals surface area contributed by atoms with E-state index in [-0.39, 0.29) is 0 Å². The van der Waals surface area contributed by atoms with Gasteiger partial charge in [-0.1, -0.05) is 231 Å². The number of benzene rings is 10. The van der Waals surface area contributed by atoms with Gasteiger partial charge in [0.1, 0.15) is 0 Å². The van der Waals surface area contributed by atoms with E-state index >= 15 is 0 Å². The van der Waals surface area contributed by atoms with Crippen LogP contribution >= 0.6 is 0 Å². The van der Waals surface area contributed by atoms with Crippen LogP contribution in [0.5, 0.6) is 0 Å². The van der Waals surface area contributed by atoms with E-state index in [4.69, 9.17) is 0 Å². The number of hydrogen-bond donors (Lipinski definition) is 0. The molecule has 2 aliphatic carbocycles. The molecule has 0 saturated heterocycles. The lowest BCUT2D eigenvalue weighted by Crippen LogP contribution is -2.29. The van der Waals surface area contributed by atoms with Gasteiger partial charge in [-0.3, -0.25) is 0 Å². The van der Waals surface area contributed by atoms with Crippen molar-refractivity contribution in [3.8, 4) is 33.4 Å². The summed E-state index contributed by atoms with van der Waals surface area (Å²) in [4.78, 5) is 2.53. The van der Waals surface area contributed by atoms with E-state index in [1.165, 1.54) is 77.9 Å². The molecule has 0 spiro atoms. The van der Waals surface area contributed by atoms with Crippen molar-refractivity contribution in [2.75, 3.05) is 4.90 Å². The second-order valence-corrected chi connectivity index (χ2v) is 16.7. The summed E-state index contributed by atoms with van der Waals surface area (Å²) in [7, 11) is 0. The Morgan fingerprint density at radius 1 is 0.254 bits per heavy atom. The maximum atomic E-state index is 2.53. The average Bonchev–Trinajstić information content (AvgIpc) is 3.84. The van der Waals surface area contributed by atoms with Crippen LogP contribution in [0.3, 0.4) is 0 Å². The van der Waals surface area contributed by atoms with Gasteiger partial charge in [0.15, 0.2) is 0 Å². The minimum atomic E-state index is -0.539. The van der Waals surface area contributed by atoms with Crippen LogP contribution in [0.25, 0.3) is 33.4 Å². The first kappa shape index (κ1) is 36.8. The summed E-state index contributed by atoms with van der Waals surface area (Å²) in [5, 5.41) is 0. The molecule has 0 amide bonds. The molecule has 0 aromatic heterocycles. The van der Waals surface area contributed by atoms with Crippen molar-refractivity contribution in [2.24, 2.45) is 0 Å². The van der Waals surface area contributed by atoms with E-state index in [0.29, 0.717) is 0 Å². The van der Waals surface area contributed by atoms with Gasteiger partial charge in [0.25, 0.3) is 0 Å². The van der Waals surface area contributed by atoms with Gasteiger partial charge < -0.3 is 4.90 Å². The number of anilines is 3. The highest BCUT2D eigenvalue weighted by atomic mass is 15.1. The Morgan fingerprint density at radius 3 is 1.25 bits per heavy atom. The Kier molecular flexibility index (Phi) is 8.69. The molecule has 0 radical (unpaired) electrons. The summed E-state index contributed by atoms with van der Waals surface area (Å²) in [5.41, 5.74) is 19.8. The summed E-state index contributed by atoms with van der Waals surface area (Å²) < 4.78 is 0. The monoisotopic (exact) mass is 801 g/mol. The fraction of sp³-hybridized carbons (Fsp3) is 0.0323. The largest absolute Gasteiger partial charge is 0.310 e. The maximum Gasteiger partial charge on any atom is 0.0714 e. The maximum absolute atomic E-state index is 2.53. The van der Waals surface area contributed by atoms with E-state index < -0.39 is 10.8 Å². The van der Waals surface area contributed by atoms with Gasteiger partial charge in [0, 0.05) is 16.9 Å². The topological polar surface area (TPSA) is 3.24 Å². The first-order valence-electron chi connectivity index (χ1n) is 21.9. The lowest BCUT2D eigenvalue weighted by atomic mass is 9.67. The molecule has 12 rings (SSSR count). The lowest BCUT2D eigenvalue weighted by molar-refractivity contribution is 0.768. The SMILES string of the molecule is c1ccc(-c2cccc(N(c3ccc4c(c3)C(c3ccccc3)(c3ccccc3)c3ccccc3-4)c3cccc4c3-c3ccccc3C4(c3ccccc3)c3ccccc3)c2)cc1. The molecule has 0 unspecified atom stereocenters. The highest BCUT2D eigenvalue weighted by molar-refractivity contribution is 5.98. The van der Waals surface area contributed by atoms with Gasteiger partial charge in [-0.15, -0.1) is 0 Å². The third-order valence-corrected chi connectivity index (χ3v) is 13.6. The second kappa shape index (κ2) is 14.9. The van der Waals surface area contributed by atoms with E-state index in [1.807, 2.05) is 0 Å². The molecule has 296 valence electrons. The van der Waals surface area contributed by atoms with Crippen LogP contribution in [-0.4, -0.2) is 0 Å². The molecular weight excluding hydrogens is 759 g/mol. The van der Waals surface area contributed by atoms with Gasteiger partial charge in [-0.2, -0.15) is 0 Å². The lowest BCUT2D eigenvalue weighted by Gasteiger charge is -2.35. The summed E-state index contributed by atoms with van der Waals surface area (Å²) >= 11 is 0. The molecule has 1 heteroatoms. The van der Waals surface area contributed by atoms with Crippen LogP contribution in [0.1, 0.15) is 44.5 Å². The van der Waals surface area contributed by atoms with Crippen molar-refractivity contribution < 1.29 is 0 Å². The molecule has 63 heavy (non-hydrogen) atoms. The minimum absolute atomic E-state index is 0.530. The fourth-order valence-corrected chi connectivity index (χ4v) is 11.1. The summed E-state index contributed by atoms with van der Waals surface area (Å²) in [6.07, 6.45) is 0. The second-order valence-electron chi connectivity index (χ2n) is 16.7. The van der Waals surface area contributed by atoms with Gasteiger partial charge in [0.2, 0.25) is 0 Å². The van der Waals surface area contributed by atoms with E-state index in [1.54, 1.807) is 0 Å². The van der Waals surface area contributed by atoms with Gasteiger partial charge in [0.05, 0.1) is 16.5 Å². The van der Waals surface area contributed by atoms with E-state index in [2.05, 4.69) is 266 Å². The molecule has 0 atom stereocenters. The Labute approximate surface area is 369 Å². The molecule has 10 aromatic rings. The molecule has 0 N–H and O–H groups in total. The van der Waals surface area contributed by atoms with Gasteiger partial charge in [-0.25, -0.2) is 0 Å². The van der Waals surface area contributed by atoms with Crippen molar-refractivity contribution in [1.29, 1.82) is 0 Å². The third-order valence-electron chi connectivity index (χ3n) is 13.6. The zero-order valence-electron chi connectivity index (χ0n) is 34.8. The predicted molar refractivity (Wildman–Crippen MR) is 261 cm³/mol. The predicted octanol–water partition coefficient (Wildman–Crippen LogP) is 15.5. The summed E-state index contributed by atoms with van der Waals surface area (Å²) in [5.74, 6) is 0. The summed E-state index contributed by atoms with van der Waals surface area (Å²) in [6.45, 7) is 0. The van der Waals surface area contributed by atoms with Crippen molar-refractivity contribution in [3.05, 3.63) is 305 Å². The van der Waals surface area contributed by atoms with E-state index in [0.717, 1.165) is 17.1 Å². The Balaban J connectivity index is 1.17. The standard InChI is InChI=1S/C62H43N/c1-6-22-44(23-7-1)45-24-20-33-50(42-45)63(51-40-41-53-52-34-16-18-36-55(52)62(58(53)43-51,48-29-12-4-13-30-48)49-31-14-5-15-32-49)59-39-21-38-57-60(59)54-35-17-19-37-56(54)61(57,46-25-8-2-9-26-46)47-27-10-3-11-28-47/h1-43H. The number of rotatable bonds is 8. The smallest absolute Gasteiger partial charge is 0.0714 e. The number of nitrogens with zero attached hydrogens (tertiary/aromatic N) is 1. The normalized spacial score (nSPS) is 13.7. The zero-order valence-corrected chi connectivity index (χ0v) is 34.8. The first-order valence-corrected chi connectivity index (χ1v) is 21.9. The Bertz CT molecular complexity index is 3190. The molecule has 0 aliphatic heterocycles. The molecule has 2 aliphatic rings. The fourth-order valence-electron chi connectivity index (χ4n) is 11.1. The molecule has 10 aromatic carbocycles. The van der Waals surface area contributed by atoms with Crippen molar-refractivity contribution in [2.45, 2.75) is 10.8 Å². The highest BCUT2D eigenvalue weighted by Gasteiger charge is 2.49. The average molecular weight is 802 g/mol. The zero-order chi connectivity index (χ0) is 41.8. The number of fused-ring (bicyclic) bond motifs is 6. The van der Waals surface area contributed by atoms with Gasteiger partial charge >= 0.3 is 0 Å².